The standard InChI is InChI=1S/C18H11BrN2O4/c19-14(9-12-5-2-1-3-6-12)11-16-18(22)25-17(20-16)13-7-4-8-15(10-13)21(23)24/h1-11H. The Morgan fingerprint density at radius 1 is 1.16 bits per heavy atom. The molecule has 0 aliphatic carbocycles. The van der Waals surface area contributed by atoms with Crippen LogP contribution in [-0.2, 0) is 9.53 Å². The van der Waals surface area contributed by atoms with E-state index in [-0.39, 0.29) is 17.3 Å². The van der Waals surface area contributed by atoms with Crippen molar-refractivity contribution in [2.75, 3.05) is 0 Å². The fourth-order valence-corrected chi connectivity index (χ4v) is 2.65. The average Bonchev–Trinajstić information content (AvgIpc) is 2.96. The number of benzene rings is 2. The van der Waals surface area contributed by atoms with Gasteiger partial charge in [-0.2, -0.15) is 0 Å². The van der Waals surface area contributed by atoms with Crippen molar-refractivity contribution >= 4 is 39.6 Å². The topological polar surface area (TPSA) is 81.8 Å². The summed E-state index contributed by atoms with van der Waals surface area (Å²) in [6.07, 6.45) is 3.38. The number of nitrogens with zero attached hydrogens (tertiary/aromatic N) is 2. The minimum Gasteiger partial charge on any atom is -0.402 e. The van der Waals surface area contributed by atoms with Crippen molar-refractivity contribution < 1.29 is 14.5 Å². The Balaban J connectivity index is 1.88. The highest BCUT2D eigenvalue weighted by molar-refractivity contribution is 9.12. The molecule has 0 bridgehead atoms. The molecule has 1 heterocycles. The fraction of sp³-hybridized carbons (Fsp3) is 0. The molecule has 124 valence electrons. The van der Waals surface area contributed by atoms with E-state index in [1.54, 1.807) is 12.1 Å². The van der Waals surface area contributed by atoms with E-state index in [2.05, 4.69) is 20.9 Å². The van der Waals surface area contributed by atoms with Crippen LogP contribution in [0.15, 0.2) is 75.8 Å². The molecule has 0 N–H and O–H groups in total. The van der Waals surface area contributed by atoms with Crippen molar-refractivity contribution in [2.24, 2.45) is 4.99 Å². The molecule has 0 atom stereocenters. The van der Waals surface area contributed by atoms with E-state index in [1.807, 2.05) is 36.4 Å². The van der Waals surface area contributed by atoms with E-state index < -0.39 is 10.9 Å². The third-order valence-corrected chi connectivity index (χ3v) is 3.76. The van der Waals surface area contributed by atoms with Crippen LogP contribution in [0.5, 0.6) is 0 Å². The van der Waals surface area contributed by atoms with Gasteiger partial charge in [-0.15, -0.1) is 0 Å². The summed E-state index contributed by atoms with van der Waals surface area (Å²) < 4.78 is 5.77. The summed E-state index contributed by atoms with van der Waals surface area (Å²) in [5.74, 6) is -0.570. The number of allylic oxidation sites excluding steroid dienone is 2. The second kappa shape index (κ2) is 7.23. The predicted molar refractivity (Wildman–Crippen MR) is 97.2 cm³/mol. The van der Waals surface area contributed by atoms with Gasteiger partial charge in [0.1, 0.15) is 0 Å². The quantitative estimate of drug-likeness (QED) is 0.334. The maximum atomic E-state index is 12.0. The Bertz CT molecular complexity index is 933. The third-order valence-electron chi connectivity index (χ3n) is 3.30. The highest BCUT2D eigenvalue weighted by Crippen LogP contribution is 2.23. The zero-order valence-electron chi connectivity index (χ0n) is 12.8. The Morgan fingerprint density at radius 2 is 1.92 bits per heavy atom. The first-order valence-corrected chi connectivity index (χ1v) is 8.02. The predicted octanol–water partition coefficient (Wildman–Crippen LogP) is 4.22. The Hall–Kier alpha value is -3.06. The lowest BCUT2D eigenvalue weighted by molar-refractivity contribution is -0.384. The van der Waals surface area contributed by atoms with Gasteiger partial charge in [0.2, 0.25) is 5.90 Å². The second-order valence-corrected chi connectivity index (χ2v) is 6.00. The number of cyclic esters (lactones) is 1. The smallest absolute Gasteiger partial charge is 0.363 e. The molecule has 3 rings (SSSR count). The van der Waals surface area contributed by atoms with Gasteiger partial charge in [0.15, 0.2) is 5.70 Å². The molecule has 6 nitrogen and oxygen atoms in total. The van der Waals surface area contributed by atoms with E-state index in [0.717, 1.165) is 5.56 Å². The zero-order chi connectivity index (χ0) is 17.8. The number of halogens is 1. The summed E-state index contributed by atoms with van der Waals surface area (Å²) in [5.41, 5.74) is 1.34. The van der Waals surface area contributed by atoms with Gasteiger partial charge < -0.3 is 4.74 Å². The van der Waals surface area contributed by atoms with Crippen LogP contribution in [0.1, 0.15) is 11.1 Å². The van der Waals surface area contributed by atoms with Gasteiger partial charge in [-0.1, -0.05) is 52.3 Å². The summed E-state index contributed by atoms with van der Waals surface area (Å²) in [5, 5.41) is 10.8. The van der Waals surface area contributed by atoms with Gasteiger partial charge in [-0.05, 0) is 23.8 Å². The number of ether oxygens (including phenoxy) is 1. The summed E-state index contributed by atoms with van der Waals surface area (Å²) >= 11 is 3.38. The number of non-ortho nitro benzene ring substituents is 1. The van der Waals surface area contributed by atoms with E-state index in [1.165, 1.54) is 18.2 Å². The lowest BCUT2D eigenvalue weighted by Crippen LogP contribution is -2.05. The molecular weight excluding hydrogens is 388 g/mol. The molecule has 2 aromatic rings. The number of nitro benzene ring substituents is 1. The first-order valence-electron chi connectivity index (χ1n) is 7.22. The molecule has 0 spiro atoms. The van der Waals surface area contributed by atoms with Crippen LogP contribution in [0.4, 0.5) is 5.69 Å². The molecule has 0 amide bonds. The summed E-state index contributed by atoms with van der Waals surface area (Å²) in [7, 11) is 0. The molecule has 0 saturated carbocycles. The van der Waals surface area contributed by atoms with Crippen molar-refractivity contribution in [3.05, 3.63) is 92.1 Å². The average molecular weight is 399 g/mol. The van der Waals surface area contributed by atoms with E-state index in [4.69, 9.17) is 4.74 Å². The highest BCUT2D eigenvalue weighted by atomic mass is 79.9. The molecule has 0 saturated heterocycles. The van der Waals surface area contributed by atoms with Gasteiger partial charge in [0, 0.05) is 22.2 Å². The van der Waals surface area contributed by atoms with Crippen molar-refractivity contribution in [3.63, 3.8) is 0 Å². The van der Waals surface area contributed by atoms with Crippen LogP contribution >= 0.6 is 15.9 Å². The maximum Gasteiger partial charge on any atom is 0.363 e. The Labute approximate surface area is 151 Å². The number of aliphatic imine (C=N–C) groups is 1. The normalized spacial score (nSPS) is 15.9. The lowest BCUT2D eigenvalue weighted by Gasteiger charge is -1.98. The number of nitro groups is 1. The first-order chi connectivity index (χ1) is 12.0. The molecule has 7 heteroatoms. The van der Waals surface area contributed by atoms with Crippen LogP contribution in [-0.4, -0.2) is 16.8 Å². The van der Waals surface area contributed by atoms with Crippen LogP contribution in [0.2, 0.25) is 0 Å². The Morgan fingerprint density at radius 3 is 2.64 bits per heavy atom. The number of rotatable bonds is 4. The Kier molecular flexibility index (Phi) is 4.85. The number of hydrogen-bond acceptors (Lipinski definition) is 5. The van der Waals surface area contributed by atoms with E-state index in [9.17, 15) is 14.9 Å². The molecule has 0 radical (unpaired) electrons. The van der Waals surface area contributed by atoms with Crippen LogP contribution in [0.25, 0.3) is 6.08 Å². The van der Waals surface area contributed by atoms with E-state index >= 15 is 0 Å². The first kappa shape index (κ1) is 16.8. The van der Waals surface area contributed by atoms with E-state index in [0.29, 0.717) is 10.0 Å². The summed E-state index contributed by atoms with van der Waals surface area (Å²) in [4.78, 5) is 26.4. The maximum absolute atomic E-state index is 12.0. The van der Waals surface area contributed by atoms with Crippen LogP contribution < -0.4 is 0 Å². The molecule has 0 aromatic heterocycles. The molecular formula is C18H11BrN2O4. The van der Waals surface area contributed by atoms with Crippen molar-refractivity contribution in [2.45, 2.75) is 0 Å². The molecule has 1 aliphatic heterocycles. The minimum absolute atomic E-state index is 0.0416. The number of esters is 1. The lowest BCUT2D eigenvalue weighted by atomic mass is 10.2. The third kappa shape index (κ3) is 4.07. The van der Waals surface area contributed by atoms with Gasteiger partial charge >= 0.3 is 5.97 Å². The molecule has 1 aliphatic rings. The summed E-state index contributed by atoms with van der Waals surface area (Å²) in [6.45, 7) is 0. The minimum atomic E-state index is -0.611. The molecule has 2 aromatic carbocycles. The molecule has 25 heavy (non-hydrogen) atoms. The van der Waals surface area contributed by atoms with Crippen molar-refractivity contribution in [1.82, 2.24) is 0 Å². The second-order valence-electron chi connectivity index (χ2n) is 5.08. The van der Waals surface area contributed by atoms with Crippen molar-refractivity contribution in [1.29, 1.82) is 0 Å². The largest absolute Gasteiger partial charge is 0.402 e. The van der Waals surface area contributed by atoms with Crippen LogP contribution in [0.3, 0.4) is 0 Å². The summed E-state index contributed by atoms with van der Waals surface area (Å²) in [6, 6.07) is 15.3. The van der Waals surface area contributed by atoms with Crippen LogP contribution in [0, 0.1) is 10.1 Å². The number of hydrogen-bond donors (Lipinski definition) is 0. The van der Waals surface area contributed by atoms with Gasteiger partial charge in [-0.25, -0.2) is 9.79 Å². The van der Waals surface area contributed by atoms with Gasteiger partial charge in [0.25, 0.3) is 5.69 Å². The monoisotopic (exact) mass is 398 g/mol. The molecule has 0 unspecified atom stereocenters. The van der Waals surface area contributed by atoms with Gasteiger partial charge in [-0.3, -0.25) is 10.1 Å². The van der Waals surface area contributed by atoms with Crippen molar-refractivity contribution in [3.8, 4) is 0 Å². The number of carbonyl (C=O) groups excluding carboxylic acids is 1. The zero-order valence-corrected chi connectivity index (χ0v) is 14.3. The molecule has 0 fully saturated rings. The van der Waals surface area contributed by atoms with Gasteiger partial charge in [0.05, 0.1) is 4.92 Å². The fourth-order valence-electron chi connectivity index (χ4n) is 2.17. The highest BCUT2D eigenvalue weighted by Gasteiger charge is 2.25. The number of carbonyl (C=O) groups is 1. The SMILES string of the molecule is O=C1OC(c2cccc([N+](=O)[O-])c2)=NC1=CC(Br)=Cc1ccccc1.